The van der Waals surface area contributed by atoms with Crippen molar-refractivity contribution in [2.75, 3.05) is 12.3 Å². The van der Waals surface area contributed by atoms with E-state index in [1.54, 1.807) is 18.1 Å². The summed E-state index contributed by atoms with van der Waals surface area (Å²) in [5.74, 6) is 0.851. The maximum atomic E-state index is 9.07. The number of aryl methyl sites for hydroxylation is 1. The molecule has 1 aromatic rings. The molecule has 1 N–H and O–H groups in total. The summed E-state index contributed by atoms with van der Waals surface area (Å²) in [6.07, 6.45) is 2.46. The van der Waals surface area contributed by atoms with Gasteiger partial charge in [0.1, 0.15) is 11.9 Å². The van der Waals surface area contributed by atoms with Crippen molar-refractivity contribution >= 4 is 11.8 Å². The number of hydrogen-bond donors (Lipinski definition) is 1. The minimum atomic E-state index is -0.444. The van der Waals surface area contributed by atoms with Crippen molar-refractivity contribution in [1.29, 1.82) is 5.26 Å². The van der Waals surface area contributed by atoms with Crippen LogP contribution in [0.3, 0.4) is 0 Å². The molecular formula is C10H17N5S. The van der Waals surface area contributed by atoms with Crippen LogP contribution in [-0.4, -0.2) is 32.6 Å². The highest BCUT2D eigenvalue weighted by atomic mass is 32.2. The molecular weight excluding hydrogens is 222 g/mol. The minimum Gasteiger partial charge on any atom is -0.312 e. The van der Waals surface area contributed by atoms with E-state index in [4.69, 9.17) is 5.26 Å². The van der Waals surface area contributed by atoms with Gasteiger partial charge in [0.15, 0.2) is 5.16 Å². The molecule has 1 atom stereocenters. The third-order valence-electron chi connectivity index (χ3n) is 2.32. The summed E-state index contributed by atoms with van der Waals surface area (Å²) in [4.78, 5) is 0. The summed E-state index contributed by atoms with van der Waals surface area (Å²) in [7, 11) is 1.91. The van der Waals surface area contributed by atoms with Crippen LogP contribution >= 0.6 is 11.8 Å². The van der Waals surface area contributed by atoms with E-state index < -0.39 is 5.54 Å². The smallest absolute Gasteiger partial charge is 0.190 e. The summed E-state index contributed by atoms with van der Waals surface area (Å²) in [6.45, 7) is 4.73. The van der Waals surface area contributed by atoms with Crippen molar-refractivity contribution in [3.63, 3.8) is 0 Å². The fourth-order valence-corrected chi connectivity index (χ4v) is 2.37. The van der Waals surface area contributed by atoms with Crippen molar-refractivity contribution in [2.24, 2.45) is 7.05 Å². The van der Waals surface area contributed by atoms with Gasteiger partial charge < -0.3 is 4.57 Å². The Morgan fingerprint density at radius 1 is 1.69 bits per heavy atom. The number of rotatable bonds is 6. The van der Waals surface area contributed by atoms with Crippen molar-refractivity contribution in [3.8, 4) is 6.07 Å². The van der Waals surface area contributed by atoms with Crippen LogP contribution in [0.25, 0.3) is 0 Å². The molecule has 16 heavy (non-hydrogen) atoms. The second-order valence-electron chi connectivity index (χ2n) is 3.80. The van der Waals surface area contributed by atoms with E-state index in [0.29, 0.717) is 0 Å². The highest BCUT2D eigenvalue weighted by molar-refractivity contribution is 7.99. The summed E-state index contributed by atoms with van der Waals surface area (Å²) in [6, 6.07) is 2.31. The van der Waals surface area contributed by atoms with Crippen LogP contribution in [0.1, 0.15) is 20.3 Å². The number of nitriles is 1. The van der Waals surface area contributed by atoms with E-state index in [-0.39, 0.29) is 0 Å². The van der Waals surface area contributed by atoms with E-state index in [1.165, 1.54) is 0 Å². The lowest BCUT2D eigenvalue weighted by Crippen LogP contribution is -2.41. The zero-order valence-corrected chi connectivity index (χ0v) is 10.7. The second-order valence-corrected chi connectivity index (χ2v) is 4.86. The molecule has 0 aromatic carbocycles. The van der Waals surface area contributed by atoms with Crippen LogP contribution in [0, 0.1) is 11.3 Å². The predicted octanol–water partition coefficient (Wildman–Crippen LogP) is 1.19. The van der Waals surface area contributed by atoms with Gasteiger partial charge in [-0.25, -0.2) is 0 Å². The zero-order chi connectivity index (χ0) is 12.0. The molecule has 0 aliphatic carbocycles. The summed E-state index contributed by atoms with van der Waals surface area (Å²) >= 11 is 1.62. The molecule has 0 saturated heterocycles. The van der Waals surface area contributed by atoms with Crippen LogP contribution in [-0.2, 0) is 7.05 Å². The predicted molar refractivity (Wildman–Crippen MR) is 64.0 cm³/mol. The van der Waals surface area contributed by atoms with Gasteiger partial charge in [-0.2, -0.15) is 5.26 Å². The highest BCUT2D eigenvalue weighted by Gasteiger charge is 2.21. The van der Waals surface area contributed by atoms with Crippen molar-refractivity contribution in [3.05, 3.63) is 6.33 Å². The van der Waals surface area contributed by atoms with Crippen molar-refractivity contribution < 1.29 is 0 Å². The summed E-state index contributed by atoms with van der Waals surface area (Å²) in [5, 5.41) is 20.9. The third kappa shape index (κ3) is 3.51. The van der Waals surface area contributed by atoms with Gasteiger partial charge in [-0.05, 0) is 19.9 Å². The molecule has 5 nitrogen and oxygen atoms in total. The third-order valence-corrected chi connectivity index (χ3v) is 3.35. The number of aromatic nitrogens is 3. The number of nitrogens with one attached hydrogen (secondary N) is 1. The lowest BCUT2D eigenvalue weighted by Gasteiger charge is -2.21. The molecule has 0 bridgehead atoms. The SMILES string of the molecule is CCNC(C)(C#N)CCSc1nncn1C. The van der Waals surface area contributed by atoms with E-state index >= 15 is 0 Å². The molecule has 0 spiro atoms. The number of thioether (sulfide) groups is 1. The van der Waals surface area contributed by atoms with Gasteiger partial charge in [0.05, 0.1) is 6.07 Å². The monoisotopic (exact) mass is 239 g/mol. The molecule has 6 heteroatoms. The first-order valence-corrected chi connectivity index (χ1v) is 6.23. The largest absolute Gasteiger partial charge is 0.312 e. The maximum absolute atomic E-state index is 9.07. The Morgan fingerprint density at radius 3 is 2.94 bits per heavy atom. The normalized spacial score (nSPS) is 14.4. The Kier molecular flexibility index (Phi) is 4.77. The van der Waals surface area contributed by atoms with Crippen molar-refractivity contribution in [1.82, 2.24) is 20.1 Å². The average molecular weight is 239 g/mol. The molecule has 0 aliphatic heterocycles. The number of nitrogens with zero attached hydrogens (tertiary/aromatic N) is 4. The average Bonchev–Trinajstić information content (AvgIpc) is 2.65. The maximum Gasteiger partial charge on any atom is 0.190 e. The van der Waals surface area contributed by atoms with E-state index in [9.17, 15) is 0 Å². The topological polar surface area (TPSA) is 66.5 Å². The fourth-order valence-electron chi connectivity index (χ4n) is 1.32. The second kappa shape index (κ2) is 5.87. The zero-order valence-electron chi connectivity index (χ0n) is 9.90. The Labute approximate surface area is 100 Å². The van der Waals surface area contributed by atoms with Crippen LogP contribution in [0.4, 0.5) is 0 Å². The molecule has 0 fully saturated rings. The molecule has 0 amide bonds. The Bertz CT molecular complexity index is 370. The molecule has 1 heterocycles. The van der Waals surface area contributed by atoms with E-state index in [0.717, 1.165) is 23.9 Å². The first-order chi connectivity index (χ1) is 7.61. The van der Waals surface area contributed by atoms with E-state index in [1.807, 2.05) is 25.5 Å². The fraction of sp³-hybridized carbons (Fsp3) is 0.700. The Balaban J connectivity index is 2.40. The molecule has 0 aliphatic rings. The van der Waals surface area contributed by atoms with Gasteiger partial charge in [-0.3, -0.25) is 5.32 Å². The summed E-state index contributed by atoms with van der Waals surface area (Å²) < 4.78 is 1.88. The lowest BCUT2D eigenvalue weighted by molar-refractivity contribution is 0.450. The van der Waals surface area contributed by atoms with Crippen LogP contribution in [0.5, 0.6) is 0 Å². The molecule has 1 aromatic heterocycles. The minimum absolute atomic E-state index is 0.444. The van der Waals surface area contributed by atoms with Crippen LogP contribution < -0.4 is 5.32 Å². The quantitative estimate of drug-likeness (QED) is 0.755. The van der Waals surface area contributed by atoms with Gasteiger partial charge in [0.2, 0.25) is 0 Å². The standard InChI is InChI=1S/C10H17N5S/c1-4-12-10(2,7-11)5-6-16-9-14-13-8-15(9)3/h8,12H,4-6H2,1-3H3. The van der Waals surface area contributed by atoms with Crippen LogP contribution in [0.2, 0.25) is 0 Å². The Morgan fingerprint density at radius 2 is 2.44 bits per heavy atom. The highest BCUT2D eigenvalue weighted by Crippen LogP contribution is 2.18. The molecule has 0 saturated carbocycles. The van der Waals surface area contributed by atoms with Gasteiger partial charge in [0.25, 0.3) is 0 Å². The van der Waals surface area contributed by atoms with Gasteiger partial charge in [-0.15, -0.1) is 10.2 Å². The van der Waals surface area contributed by atoms with Gasteiger partial charge >= 0.3 is 0 Å². The first-order valence-electron chi connectivity index (χ1n) is 5.24. The molecule has 88 valence electrons. The molecule has 0 radical (unpaired) electrons. The lowest BCUT2D eigenvalue weighted by atomic mass is 10.0. The molecule has 1 rings (SSSR count). The van der Waals surface area contributed by atoms with Gasteiger partial charge in [-0.1, -0.05) is 18.7 Å². The van der Waals surface area contributed by atoms with Crippen LogP contribution in [0.15, 0.2) is 11.5 Å². The molecule has 1 unspecified atom stereocenters. The van der Waals surface area contributed by atoms with Gasteiger partial charge in [0, 0.05) is 12.8 Å². The Hall–Kier alpha value is -1.06. The number of hydrogen-bond acceptors (Lipinski definition) is 5. The van der Waals surface area contributed by atoms with Crippen molar-refractivity contribution in [2.45, 2.75) is 31.0 Å². The van der Waals surface area contributed by atoms with E-state index in [2.05, 4.69) is 21.6 Å². The summed E-state index contributed by atoms with van der Waals surface area (Å²) in [5.41, 5.74) is -0.444. The first kappa shape index (κ1) is 13.0.